The molecule has 0 aromatic carbocycles. The Morgan fingerprint density at radius 3 is 2.00 bits per heavy atom. The molecule has 0 rings (SSSR count). The van der Waals surface area contributed by atoms with E-state index in [0.29, 0.717) is 0 Å². The number of carbonyl (C=O) groups is 2. The topological polar surface area (TPSA) is 57.6 Å². The third kappa shape index (κ3) is 3.68. The van der Waals surface area contributed by atoms with Crippen LogP contribution in [0.4, 0.5) is 22.0 Å². The molecule has 0 atom stereocenters. The van der Waals surface area contributed by atoms with Crippen molar-refractivity contribution in [1.82, 2.24) is 4.90 Å². The molecule has 0 radical (unpaired) electrons. The molecular weight excluding hydrogens is 253 g/mol. The molecule has 0 unspecified atom stereocenters. The lowest BCUT2D eigenvalue weighted by atomic mass is 10.2. The van der Waals surface area contributed by atoms with Crippen LogP contribution in [0.5, 0.6) is 0 Å². The fourth-order valence-corrected chi connectivity index (χ4v) is 0.858. The normalized spacial score (nSPS) is 12.1. The van der Waals surface area contributed by atoms with E-state index < -0.39 is 37.1 Å². The van der Waals surface area contributed by atoms with Crippen molar-refractivity contribution in [1.29, 1.82) is 0 Å². The van der Waals surface area contributed by atoms with Gasteiger partial charge in [-0.25, -0.2) is 0 Å². The maximum absolute atomic E-state index is 12.6. The minimum absolute atomic E-state index is 0.150. The molecule has 9 heteroatoms. The molecule has 17 heavy (non-hydrogen) atoms. The van der Waals surface area contributed by atoms with Gasteiger partial charge in [-0.05, 0) is 0 Å². The van der Waals surface area contributed by atoms with Gasteiger partial charge in [-0.1, -0.05) is 6.08 Å². The molecule has 0 saturated carbocycles. The summed E-state index contributed by atoms with van der Waals surface area (Å²) in [5, 5.41) is 8.27. The van der Waals surface area contributed by atoms with Gasteiger partial charge in [0.2, 0.25) is 0 Å². The van der Waals surface area contributed by atoms with Crippen molar-refractivity contribution in [2.24, 2.45) is 0 Å². The van der Waals surface area contributed by atoms with E-state index in [4.69, 9.17) is 5.11 Å². The molecule has 0 aliphatic heterocycles. The van der Waals surface area contributed by atoms with Crippen LogP contribution < -0.4 is 0 Å². The van der Waals surface area contributed by atoms with Crippen LogP contribution in [0.3, 0.4) is 0 Å². The summed E-state index contributed by atoms with van der Waals surface area (Å²) in [5.74, 6) is -9.95. The van der Waals surface area contributed by atoms with Crippen LogP contribution in [-0.4, -0.2) is 47.1 Å². The van der Waals surface area contributed by atoms with Crippen LogP contribution in [-0.2, 0) is 9.59 Å². The molecule has 0 fully saturated rings. The summed E-state index contributed by atoms with van der Waals surface area (Å²) in [4.78, 5) is 20.9. The second kappa shape index (κ2) is 5.11. The second-order valence-electron chi connectivity index (χ2n) is 2.94. The number of halogens is 5. The summed E-state index contributed by atoms with van der Waals surface area (Å²) in [6, 6.07) is 0. The van der Waals surface area contributed by atoms with E-state index >= 15 is 0 Å². The molecule has 0 heterocycles. The number of carboxylic acid groups (broad SMARTS) is 1. The minimum Gasteiger partial charge on any atom is -0.480 e. The van der Waals surface area contributed by atoms with Gasteiger partial charge in [-0.2, -0.15) is 22.0 Å². The average Bonchev–Trinajstić information content (AvgIpc) is 2.13. The van der Waals surface area contributed by atoms with Gasteiger partial charge in [0.05, 0.1) is 0 Å². The number of carbonyl (C=O) groups excluding carboxylic acids is 1. The van der Waals surface area contributed by atoms with Crippen molar-refractivity contribution in [2.75, 3.05) is 13.1 Å². The highest BCUT2D eigenvalue weighted by Crippen LogP contribution is 2.36. The summed E-state index contributed by atoms with van der Waals surface area (Å²) < 4.78 is 60.8. The van der Waals surface area contributed by atoms with E-state index in [1.54, 1.807) is 0 Å². The Hall–Kier alpha value is -1.67. The predicted molar refractivity (Wildman–Crippen MR) is 45.4 cm³/mol. The minimum atomic E-state index is -6.07. The van der Waals surface area contributed by atoms with Gasteiger partial charge >= 0.3 is 24.0 Å². The summed E-state index contributed by atoms with van der Waals surface area (Å²) >= 11 is 0. The van der Waals surface area contributed by atoms with Gasteiger partial charge in [-0.3, -0.25) is 9.59 Å². The molecule has 0 spiro atoms. The number of amides is 1. The van der Waals surface area contributed by atoms with Gasteiger partial charge < -0.3 is 10.0 Å². The molecule has 0 bridgehead atoms. The third-order valence-electron chi connectivity index (χ3n) is 1.59. The van der Waals surface area contributed by atoms with Crippen LogP contribution in [0.25, 0.3) is 0 Å². The number of alkyl halides is 5. The molecular formula is C8H8F5NO3. The molecule has 98 valence electrons. The highest BCUT2D eigenvalue weighted by atomic mass is 19.4. The van der Waals surface area contributed by atoms with Crippen LogP contribution in [0.15, 0.2) is 12.7 Å². The summed E-state index contributed by atoms with van der Waals surface area (Å²) in [7, 11) is 0. The SMILES string of the molecule is C=CCN(CC(=O)O)C(=O)C(F)(F)C(F)(F)F. The monoisotopic (exact) mass is 261 g/mol. The lowest BCUT2D eigenvalue weighted by molar-refractivity contribution is -0.274. The van der Waals surface area contributed by atoms with Crippen molar-refractivity contribution in [3.05, 3.63) is 12.7 Å². The van der Waals surface area contributed by atoms with Gasteiger partial charge in [-0.15, -0.1) is 6.58 Å². The maximum Gasteiger partial charge on any atom is 0.463 e. The Labute approximate surface area is 92.3 Å². The predicted octanol–water partition coefficient (Wildman–Crippen LogP) is 1.28. The van der Waals surface area contributed by atoms with Crippen LogP contribution in [0.2, 0.25) is 0 Å². The molecule has 1 N–H and O–H groups in total. The van der Waals surface area contributed by atoms with Crippen molar-refractivity contribution in [3.8, 4) is 0 Å². The molecule has 0 aliphatic rings. The van der Waals surface area contributed by atoms with Crippen molar-refractivity contribution < 1.29 is 36.6 Å². The summed E-state index contributed by atoms with van der Waals surface area (Å²) in [6.45, 7) is 1.03. The summed E-state index contributed by atoms with van der Waals surface area (Å²) in [6.07, 6.45) is -5.23. The zero-order valence-corrected chi connectivity index (χ0v) is 8.30. The highest BCUT2D eigenvalue weighted by molar-refractivity contribution is 5.87. The van der Waals surface area contributed by atoms with Crippen molar-refractivity contribution >= 4 is 11.9 Å². The second-order valence-corrected chi connectivity index (χ2v) is 2.94. The molecule has 0 aromatic heterocycles. The van der Waals surface area contributed by atoms with E-state index in [2.05, 4.69) is 6.58 Å². The van der Waals surface area contributed by atoms with Crippen LogP contribution in [0, 0.1) is 0 Å². The fraction of sp³-hybridized carbons (Fsp3) is 0.500. The average molecular weight is 261 g/mol. The lowest BCUT2D eigenvalue weighted by Gasteiger charge is -2.25. The molecule has 0 saturated heterocycles. The smallest absolute Gasteiger partial charge is 0.463 e. The first-order valence-electron chi connectivity index (χ1n) is 4.10. The van der Waals surface area contributed by atoms with Crippen molar-refractivity contribution in [2.45, 2.75) is 12.1 Å². The van der Waals surface area contributed by atoms with E-state index in [9.17, 15) is 31.5 Å². The first kappa shape index (κ1) is 15.3. The maximum atomic E-state index is 12.6. The third-order valence-corrected chi connectivity index (χ3v) is 1.59. The number of carboxylic acids is 1. The molecule has 0 aromatic rings. The van der Waals surface area contributed by atoms with Crippen LogP contribution >= 0.6 is 0 Å². The van der Waals surface area contributed by atoms with E-state index in [1.165, 1.54) is 0 Å². The van der Waals surface area contributed by atoms with Gasteiger partial charge in [0.1, 0.15) is 6.54 Å². The fourth-order valence-electron chi connectivity index (χ4n) is 0.858. The number of hydrogen-bond donors (Lipinski definition) is 1. The van der Waals surface area contributed by atoms with E-state index in [-0.39, 0.29) is 4.90 Å². The van der Waals surface area contributed by atoms with E-state index in [1.807, 2.05) is 0 Å². The van der Waals surface area contributed by atoms with Gasteiger partial charge in [0.25, 0.3) is 0 Å². The first-order chi connectivity index (χ1) is 7.54. The van der Waals surface area contributed by atoms with Crippen molar-refractivity contribution in [3.63, 3.8) is 0 Å². The number of nitrogens with zero attached hydrogens (tertiary/aromatic N) is 1. The number of hydrogen-bond acceptors (Lipinski definition) is 2. The van der Waals surface area contributed by atoms with Gasteiger partial charge in [0, 0.05) is 6.54 Å². The summed E-state index contributed by atoms with van der Waals surface area (Å²) in [5.41, 5.74) is 0. The zero-order chi connectivity index (χ0) is 13.9. The number of rotatable bonds is 5. The molecule has 0 aliphatic carbocycles. The van der Waals surface area contributed by atoms with E-state index in [0.717, 1.165) is 6.08 Å². The Balaban J connectivity index is 5.07. The molecule has 4 nitrogen and oxygen atoms in total. The number of aliphatic carboxylic acids is 1. The van der Waals surface area contributed by atoms with Crippen LogP contribution in [0.1, 0.15) is 0 Å². The molecule has 1 amide bonds. The largest absolute Gasteiger partial charge is 0.480 e. The lowest BCUT2D eigenvalue weighted by Crippen LogP contribution is -2.53. The Morgan fingerprint density at radius 2 is 1.71 bits per heavy atom. The quantitative estimate of drug-likeness (QED) is 0.599. The standard InChI is InChI=1S/C8H8F5NO3/c1-2-3-14(4-5(15)16)6(17)7(9,10)8(11,12)13/h2H,1,3-4H2,(H,15,16). The zero-order valence-electron chi connectivity index (χ0n) is 8.30. The first-order valence-corrected chi connectivity index (χ1v) is 4.10. The Morgan fingerprint density at radius 1 is 1.24 bits per heavy atom. The Bertz CT molecular complexity index is 326. The van der Waals surface area contributed by atoms with Gasteiger partial charge in [0.15, 0.2) is 0 Å². The Kier molecular flexibility index (Phi) is 4.60. The highest BCUT2D eigenvalue weighted by Gasteiger charge is 2.64.